The Labute approximate surface area is 177 Å². The van der Waals surface area contributed by atoms with Crippen LogP contribution in [0.5, 0.6) is 0 Å². The molecule has 1 amide bonds. The van der Waals surface area contributed by atoms with Gasteiger partial charge in [0.15, 0.2) is 0 Å². The first kappa shape index (κ1) is 21.5. The summed E-state index contributed by atoms with van der Waals surface area (Å²) in [4.78, 5) is 14.9. The van der Waals surface area contributed by atoms with Gasteiger partial charge in [0.1, 0.15) is 6.54 Å². The number of hydrogen-bond donors (Lipinski definition) is 1. The van der Waals surface area contributed by atoms with Gasteiger partial charge in [-0.3, -0.25) is 9.10 Å². The van der Waals surface area contributed by atoms with Gasteiger partial charge in [-0.25, -0.2) is 8.42 Å². The van der Waals surface area contributed by atoms with Crippen molar-refractivity contribution in [3.05, 3.63) is 53.1 Å². The van der Waals surface area contributed by atoms with E-state index in [1.165, 1.54) is 19.3 Å². The molecule has 0 aromatic heterocycles. The molecule has 2 aromatic carbocycles. The first-order valence-electron chi connectivity index (χ1n) is 9.63. The van der Waals surface area contributed by atoms with E-state index in [0.717, 1.165) is 29.3 Å². The molecule has 3 rings (SSSR count). The van der Waals surface area contributed by atoms with Crippen molar-refractivity contribution in [1.29, 1.82) is 0 Å². The molecule has 29 heavy (non-hydrogen) atoms. The van der Waals surface area contributed by atoms with E-state index < -0.39 is 15.9 Å². The number of anilines is 3. The lowest BCUT2D eigenvalue weighted by molar-refractivity contribution is -0.114. The van der Waals surface area contributed by atoms with Gasteiger partial charge >= 0.3 is 0 Å². The summed E-state index contributed by atoms with van der Waals surface area (Å²) in [6.45, 7) is 3.55. The van der Waals surface area contributed by atoms with Crippen LogP contribution in [0.1, 0.15) is 24.8 Å². The van der Waals surface area contributed by atoms with Crippen molar-refractivity contribution < 1.29 is 13.2 Å². The molecule has 6 nitrogen and oxygen atoms in total. The predicted octanol–water partition coefficient (Wildman–Crippen LogP) is 4.04. The number of aryl methyl sites for hydroxylation is 1. The second-order valence-electron chi connectivity index (χ2n) is 7.34. The molecule has 0 unspecified atom stereocenters. The molecule has 1 aliphatic rings. The lowest BCUT2D eigenvalue weighted by atomic mass is 10.1. The number of hydrogen-bond acceptors (Lipinski definition) is 4. The Morgan fingerprint density at radius 1 is 1.10 bits per heavy atom. The highest BCUT2D eigenvalue weighted by molar-refractivity contribution is 7.92. The van der Waals surface area contributed by atoms with Crippen LogP contribution in [0.2, 0.25) is 5.02 Å². The second-order valence-corrected chi connectivity index (χ2v) is 9.69. The van der Waals surface area contributed by atoms with Crippen LogP contribution in [-0.2, 0) is 14.8 Å². The maximum absolute atomic E-state index is 12.6. The van der Waals surface area contributed by atoms with Gasteiger partial charge in [-0.1, -0.05) is 11.6 Å². The van der Waals surface area contributed by atoms with Crippen LogP contribution in [0.15, 0.2) is 42.5 Å². The highest BCUT2D eigenvalue weighted by atomic mass is 35.5. The summed E-state index contributed by atoms with van der Waals surface area (Å²) in [6, 6.07) is 12.6. The third-order valence-electron chi connectivity index (χ3n) is 4.99. The van der Waals surface area contributed by atoms with E-state index >= 15 is 0 Å². The van der Waals surface area contributed by atoms with E-state index in [1.54, 1.807) is 25.1 Å². The van der Waals surface area contributed by atoms with Crippen molar-refractivity contribution >= 4 is 44.6 Å². The van der Waals surface area contributed by atoms with E-state index in [2.05, 4.69) is 10.2 Å². The van der Waals surface area contributed by atoms with Crippen molar-refractivity contribution in [2.75, 3.05) is 40.4 Å². The summed E-state index contributed by atoms with van der Waals surface area (Å²) in [5.74, 6) is -0.407. The van der Waals surface area contributed by atoms with E-state index in [1.807, 2.05) is 24.3 Å². The molecule has 1 saturated heterocycles. The molecule has 1 fully saturated rings. The molecule has 1 heterocycles. The Morgan fingerprint density at radius 2 is 1.76 bits per heavy atom. The predicted molar refractivity (Wildman–Crippen MR) is 120 cm³/mol. The number of piperidine rings is 1. The fourth-order valence-corrected chi connectivity index (χ4v) is 4.66. The minimum absolute atomic E-state index is 0.310. The Hall–Kier alpha value is -2.25. The molecule has 156 valence electrons. The van der Waals surface area contributed by atoms with E-state index in [9.17, 15) is 13.2 Å². The maximum Gasteiger partial charge on any atom is 0.245 e. The van der Waals surface area contributed by atoms with Crippen LogP contribution in [-0.4, -0.2) is 40.2 Å². The number of carbonyl (C=O) groups excluding carboxylic acids is 1. The second kappa shape index (κ2) is 9.05. The fourth-order valence-electron chi connectivity index (χ4n) is 3.52. The number of carbonyl (C=O) groups is 1. The third kappa shape index (κ3) is 5.64. The lowest BCUT2D eigenvalue weighted by Crippen LogP contribution is -2.37. The maximum atomic E-state index is 12.6. The van der Waals surface area contributed by atoms with Crippen LogP contribution in [0, 0.1) is 6.92 Å². The zero-order valence-corrected chi connectivity index (χ0v) is 18.3. The Morgan fingerprint density at radius 3 is 2.34 bits per heavy atom. The minimum Gasteiger partial charge on any atom is -0.372 e. The minimum atomic E-state index is -3.64. The molecule has 1 N–H and O–H groups in total. The van der Waals surface area contributed by atoms with E-state index in [0.29, 0.717) is 22.0 Å². The average Bonchev–Trinajstić information content (AvgIpc) is 2.67. The Kier molecular flexibility index (Phi) is 6.70. The molecule has 0 aliphatic carbocycles. The van der Waals surface area contributed by atoms with Crippen LogP contribution in [0.3, 0.4) is 0 Å². The van der Waals surface area contributed by atoms with Crippen LogP contribution >= 0.6 is 11.6 Å². The largest absolute Gasteiger partial charge is 0.372 e. The molecule has 1 aliphatic heterocycles. The van der Waals surface area contributed by atoms with Gasteiger partial charge in [-0.05, 0) is 74.2 Å². The van der Waals surface area contributed by atoms with Crippen LogP contribution in [0.4, 0.5) is 17.1 Å². The summed E-state index contributed by atoms with van der Waals surface area (Å²) < 4.78 is 25.7. The van der Waals surface area contributed by atoms with Crippen molar-refractivity contribution in [1.82, 2.24) is 0 Å². The Bertz CT molecular complexity index is 971. The zero-order chi connectivity index (χ0) is 21.0. The number of nitrogens with zero attached hydrogens (tertiary/aromatic N) is 2. The number of sulfonamides is 1. The van der Waals surface area contributed by atoms with Gasteiger partial charge in [-0.15, -0.1) is 0 Å². The molecule has 0 atom stereocenters. The highest BCUT2D eigenvalue weighted by Gasteiger charge is 2.22. The van der Waals surface area contributed by atoms with Gasteiger partial charge in [0, 0.05) is 29.5 Å². The molecule has 0 radical (unpaired) electrons. The lowest BCUT2D eigenvalue weighted by Gasteiger charge is -2.29. The summed E-state index contributed by atoms with van der Waals surface area (Å²) in [6.07, 6.45) is 4.75. The fraction of sp³-hybridized carbons (Fsp3) is 0.381. The van der Waals surface area contributed by atoms with Crippen LogP contribution < -0.4 is 14.5 Å². The SMILES string of the molecule is Cc1cc(Cl)ccc1N(CC(=O)Nc1ccc(N2CCCCC2)cc1)S(C)(=O)=O. The topological polar surface area (TPSA) is 69.7 Å². The standard InChI is InChI=1S/C21H26ClN3O3S/c1-16-14-17(22)6-11-20(16)25(29(2,27)28)15-21(26)23-18-7-9-19(10-8-18)24-12-4-3-5-13-24/h6-11,14H,3-5,12-13,15H2,1-2H3,(H,23,26). The van der Waals surface area contributed by atoms with Crippen molar-refractivity contribution in [2.45, 2.75) is 26.2 Å². The number of benzene rings is 2. The number of rotatable bonds is 6. The van der Waals surface area contributed by atoms with E-state index in [-0.39, 0.29) is 6.54 Å². The van der Waals surface area contributed by atoms with Gasteiger partial charge in [0.05, 0.1) is 11.9 Å². The van der Waals surface area contributed by atoms with Gasteiger partial charge < -0.3 is 10.2 Å². The van der Waals surface area contributed by atoms with Crippen molar-refractivity contribution in [3.63, 3.8) is 0 Å². The van der Waals surface area contributed by atoms with E-state index in [4.69, 9.17) is 11.6 Å². The Balaban J connectivity index is 1.70. The molecular weight excluding hydrogens is 410 g/mol. The molecule has 2 aromatic rings. The average molecular weight is 436 g/mol. The summed E-state index contributed by atoms with van der Waals surface area (Å²) in [7, 11) is -3.64. The smallest absolute Gasteiger partial charge is 0.245 e. The van der Waals surface area contributed by atoms with Crippen molar-refractivity contribution in [3.8, 4) is 0 Å². The molecule has 8 heteroatoms. The van der Waals surface area contributed by atoms with Gasteiger partial charge in [0.2, 0.25) is 15.9 Å². The highest BCUT2D eigenvalue weighted by Crippen LogP contribution is 2.26. The molecule has 0 bridgehead atoms. The summed E-state index contributed by atoms with van der Waals surface area (Å²) >= 11 is 5.97. The molecule has 0 spiro atoms. The van der Waals surface area contributed by atoms with Crippen LogP contribution in [0.25, 0.3) is 0 Å². The van der Waals surface area contributed by atoms with Gasteiger partial charge in [0.25, 0.3) is 0 Å². The normalized spacial score (nSPS) is 14.5. The van der Waals surface area contributed by atoms with Gasteiger partial charge in [-0.2, -0.15) is 0 Å². The number of amides is 1. The molecular formula is C21H26ClN3O3S. The first-order valence-corrected chi connectivity index (χ1v) is 11.9. The molecule has 0 saturated carbocycles. The summed E-state index contributed by atoms with van der Waals surface area (Å²) in [5.41, 5.74) is 2.89. The zero-order valence-electron chi connectivity index (χ0n) is 16.7. The monoisotopic (exact) mass is 435 g/mol. The number of nitrogens with one attached hydrogen (secondary N) is 1. The first-order chi connectivity index (χ1) is 13.7. The third-order valence-corrected chi connectivity index (χ3v) is 6.35. The van der Waals surface area contributed by atoms with Crippen molar-refractivity contribution in [2.24, 2.45) is 0 Å². The quantitative estimate of drug-likeness (QED) is 0.743. The number of halogens is 1. The summed E-state index contributed by atoms with van der Waals surface area (Å²) in [5, 5.41) is 3.30.